The molecule has 9 heteroatoms. The van der Waals surface area contributed by atoms with Gasteiger partial charge >= 0.3 is 0 Å². The van der Waals surface area contributed by atoms with Crippen LogP contribution in [0.4, 0.5) is 11.5 Å². The number of fused-ring (bicyclic) bond motifs is 3. The lowest BCUT2D eigenvalue weighted by Gasteiger charge is -2.54. The predicted octanol–water partition coefficient (Wildman–Crippen LogP) is 5.71. The number of hydrogen-bond acceptors (Lipinski definition) is 7. The minimum absolute atomic E-state index is 0.435. The molecule has 0 unspecified atom stereocenters. The molecule has 0 aliphatic carbocycles. The zero-order chi connectivity index (χ0) is 24.3. The van der Waals surface area contributed by atoms with Crippen LogP contribution in [0.15, 0.2) is 78.0 Å². The monoisotopic (exact) mass is 514 g/mol. The Morgan fingerprint density at radius 3 is 2.61 bits per heavy atom. The molecule has 4 heterocycles. The summed E-state index contributed by atoms with van der Waals surface area (Å²) in [5, 5.41) is 9.84. The van der Waals surface area contributed by atoms with Gasteiger partial charge in [-0.15, -0.1) is 10.2 Å². The van der Waals surface area contributed by atoms with Crippen LogP contribution in [0.3, 0.4) is 0 Å². The Labute approximate surface area is 217 Å². The molecule has 0 atom stereocenters. The van der Waals surface area contributed by atoms with Gasteiger partial charge in [0.15, 0.2) is 0 Å². The molecule has 7 nitrogen and oxygen atoms in total. The van der Waals surface area contributed by atoms with Gasteiger partial charge in [0, 0.05) is 46.5 Å². The van der Waals surface area contributed by atoms with E-state index in [1.54, 1.807) is 6.33 Å². The van der Waals surface area contributed by atoms with Crippen molar-refractivity contribution in [3.05, 3.63) is 78.1 Å². The SMILES string of the molecule is CN(c1cccc(-c2ccc(SN3CC4(COC4)C3)cc2)c1)c1nc2nncn2c2cc(Cl)ccc12. The summed E-state index contributed by atoms with van der Waals surface area (Å²) in [7, 11) is 2.02. The molecule has 2 aromatic heterocycles. The average molecular weight is 515 g/mol. The maximum Gasteiger partial charge on any atom is 0.257 e. The van der Waals surface area contributed by atoms with Crippen molar-refractivity contribution in [3.8, 4) is 11.1 Å². The third kappa shape index (κ3) is 3.72. The molecule has 0 radical (unpaired) electrons. The summed E-state index contributed by atoms with van der Waals surface area (Å²) in [6.07, 6.45) is 1.66. The van der Waals surface area contributed by atoms with Crippen molar-refractivity contribution in [3.63, 3.8) is 0 Å². The van der Waals surface area contributed by atoms with Gasteiger partial charge < -0.3 is 9.64 Å². The topological polar surface area (TPSA) is 58.8 Å². The molecule has 7 rings (SSSR count). The van der Waals surface area contributed by atoms with Gasteiger partial charge in [0.05, 0.1) is 18.7 Å². The third-order valence-corrected chi connectivity index (χ3v) is 8.24. The molecular formula is C27H23ClN6OS. The highest BCUT2D eigenvalue weighted by molar-refractivity contribution is 7.97. The number of anilines is 2. The minimum Gasteiger partial charge on any atom is -0.380 e. The maximum atomic E-state index is 6.30. The second-order valence-corrected chi connectivity index (χ2v) is 11.2. The van der Waals surface area contributed by atoms with Crippen LogP contribution in [0.1, 0.15) is 0 Å². The van der Waals surface area contributed by atoms with Crippen molar-refractivity contribution in [1.29, 1.82) is 0 Å². The number of ether oxygens (including phenoxy) is 1. The van der Waals surface area contributed by atoms with E-state index in [-0.39, 0.29) is 0 Å². The normalized spacial score (nSPS) is 16.8. The highest BCUT2D eigenvalue weighted by Gasteiger charge is 2.49. The summed E-state index contributed by atoms with van der Waals surface area (Å²) in [5.41, 5.74) is 4.72. The summed E-state index contributed by atoms with van der Waals surface area (Å²) in [6, 6.07) is 23.1. The van der Waals surface area contributed by atoms with Crippen molar-refractivity contribution >= 4 is 51.7 Å². The number of hydrogen-bond donors (Lipinski definition) is 0. The van der Waals surface area contributed by atoms with E-state index in [1.165, 1.54) is 10.5 Å². The van der Waals surface area contributed by atoms with E-state index in [9.17, 15) is 0 Å². The number of halogens is 1. The zero-order valence-corrected chi connectivity index (χ0v) is 21.2. The molecule has 180 valence electrons. The summed E-state index contributed by atoms with van der Waals surface area (Å²) < 4.78 is 9.66. The lowest BCUT2D eigenvalue weighted by atomic mass is 9.80. The van der Waals surface area contributed by atoms with E-state index in [0.717, 1.165) is 54.3 Å². The molecule has 36 heavy (non-hydrogen) atoms. The first-order valence-electron chi connectivity index (χ1n) is 11.8. The van der Waals surface area contributed by atoms with Gasteiger partial charge in [-0.25, -0.2) is 4.31 Å². The second kappa shape index (κ2) is 8.45. The summed E-state index contributed by atoms with van der Waals surface area (Å²) in [4.78, 5) is 8.15. The zero-order valence-electron chi connectivity index (χ0n) is 19.6. The van der Waals surface area contributed by atoms with Crippen LogP contribution in [0, 0.1) is 5.41 Å². The smallest absolute Gasteiger partial charge is 0.257 e. The molecule has 2 fully saturated rings. The Bertz CT molecular complexity index is 1590. The molecule has 0 bridgehead atoms. The molecule has 2 saturated heterocycles. The number of aromatic nitrogens is 4. The Kier molecular flexibility index (Phi) is 5.18. The average Bonchev–Trinajstić information content (AvgIpc) is 3.33. The molecule has 0 saturated carbocycles. The molecule has 1 spiro atoms. The predicted molar refractivity (Wildman–Crippen MR) is 144 cm³/mol. The van der Waals surface area contributed by atoms with E-state index < -0.39 is 0 Å². The van der Waals surface area contributed by atoms with Crippen molar-refractivity contribution in [2.45, 2.75) is 4.90 Å². The minimum atomic E-state index is 0.435. The quantitative estimate of drug-likeness (QED) is 0.279. The first kappa shape index (κ1) is 22.1. The molecule has 3 aromatic carbocycles. The fourth-order valence-corrected chi connectivity index (χ4v) is 6.39. The molecule has 0 amide bonds. The number of nitrogens with zero attached hydrogens (tertiary/aromatic N) is 6. The first-order chi connectivity index (χ1) is 17.6. The maximum absolute atomic E-state index is 6.30. The van der Waals surface area contributed by atoms with Crippen LogP contribution in [0.2, 0.25) is 5.02 Å². The van der Waals surface area contributed by atoms with Crippen LogP contribution in [0.5, 0.6) is 0 Å². The second-order valence-electron chi connectivity index (χ2n) is 9.61. The standard InChI is InChI=1S/C27H23ClN6OS/c1-32(25-23-10-7-20(28)12-24(23)34-17-29-31-26(34)30-25)21-4-2-3-19(11-21)18-5-8-22(9-6-18)36-33-13-27(14-33)15-35-16-27/h2-12,17H,13-16H2,1H3. The van der Waals surface area contributed by atoms with E-state index in [0.29, 0.717) is 16.2 Å². The fourth-order valence-electron chi connectivity index (χ4n) is 4.99. The lowest BCUT2D eigenvalue weighted by Crippen LogP contribution is -2.63. The third-order valence-electron chi connectivity index (χ3n) is 7.01. The Morgan fingerprint density at radius 2 is 1.83 bits per heavy atom. The molecule has 0 N–H and O–H groups in total. The van der Waals surface area contributed by atoms with Gasteiger partial charge in [0.1, 0.15) is 12.1 Å². The van der Waals surface area contributed by atoms with Gasteiger partial charge in [-0.05, 0) is 65.5 Å². The fraction of sp³-hybridized carbons (Fsp3) is 0.222. The van der Waals surface area contributed by atoms with E-state index >= 15 is 0 Å². The van der Waals surface area contributed by atoms with E-state index in [4.69, 9.17) is 21.3 Å². The van der Waals surface area contributed by atoms with Crippen molar-refractivity contribution in [2.75, 3.05) is 38.3 Å². The van der Waals surface area contributed by atoms with Gasteiger partial charge in [0.25, 0.3) is 5.78 Å². The van der Waals surface area contributed by atoms with Crippen molar-refractivity contribution in [1.82, 2.24) is 23.9 Å². The van der Waals surface area contributed by atoms with E-state index in [1.807, 2.05) is 41.6 Å². The molecule has 2 aliphatic rings. The van der Waals surface area contributed by atoms with Crippen LogP contribution < -0.4 is 4.90 Å². The summed E-state index contributed by atoms with van der Waals surface area (Å²) >= 11 is 8.13. The lowest BCUT2D eigenvalue weighted by molar-refractivity contribution is -0.164. The van der Waals surface area contributed by atoms with Crippen LogP contribution in [-0.2, 0) is 4.74 Å². The van der Waals surface area contributed by atoms with Crippen LogP contribution in [0.25, 0.3) is 27.8 Å². The highest BCUT2D eigenvalue weighted by Crippen LogP contribution is 2.43. The van der Waals surface area contributed by atoms with Crippen LogP contribution >= 0.6 is 23.5 Å². The van der Waals surface area contributed by atoms with Gasteiger partial charge in [0.2, 0.25) is 0 Å². The Hall–Kier alpha value is -3.17. The summed E-state index contributed by atoms with van der Waals surface area (Å²) in [5.74, 6) is 1.34. The van der Waals surface area contributed by atoms with Gasteiger partial charge in [-0.1, -0.05) is 35.9 Å². The number of rotatable bonds is 5. The van der Waals surface area contributed by atoms with Gasteiger partial charge in [-0.3, -0.25) is 4.40 Å². The highest BCUT2D eigenvalue weighted by atomic mass is 35.5. The largest absolute Gasteiger partial charge is 0.380 e. The summed E-state index contributed by atoms with van der Waals surface area (Å²) in [6.45, 7) is 4.06. The number of benzene rings is 3. The van der Waals surface area contributed by atoms with E-state index in [2.05, 4.69) is 67.9 Å². The molecule has 5 aromatic rings. The molecule has 2 aliphatic heterocycles. The Morgan fingerprint density at radius 1 is 1.00 bits per heavy atom. The van der Waals surface area contributed by atoms with Crippen LogP contribution in [-0.4, -0.2) is 57.2 Å². The molecular weight excluding hydrogens is 492 g/mol. The van der Waals surface area contributed by atoms with Crippen molar-refractivity contribution in [2.24, 2.45) is 5.41 Å². The van der Waals surface area contributed by atoms with Crippen molar-refractivity contribution < 1.29 is 4.74 Å². The first-order valence-corrected chi connectivity index (χ1v) is 13.0. The van der Waals surface area contributed by atoms with Gasteiger partial charge in [-0.2, -0.15) is 4.98 Å². The Balaban J connectivity index is 1.16.